The van der Waals surface area contributed by atoms with Crippen molar-refractivity contribution in [3.8, 4) is 0 Å². The minimum Gasteiger partial charge on any atom is -0.469 e. The van der Waals surface area contributed by atoms with Gasteiger partial charge >= 0.3 is 5.97 Å². The molecular formula is C14H20O4. The Labute approximate surface area is 107 Å². The molecule has 0 aromatic heterocycles. The van der Waals surface area contributed by atoms with Crippen molar-refractivity contribution in [2.24, 2.45) is 23.7 Å². The predicted molar refractivity (Wildman–Crippen MR) is 64.6 cm³/mol. The molecule has 3 aliphatic rings. The van der Waals surface area contributed by atoms with Crippen molar-refractivity contribution in [3.05, 3.63) is 12.2 Å². The van der Waals surface area contributed by atoms with Gasteiger partial charge in [0, 0.05) is 5.92 Å². The number of methoxy groups -OCH3 is 1. The Hall–Kier alpha value is -0.870. The van der Waals surface area contributed by atoms with Gasteiger partial charge < -0.3 is 14.2 Å². The van der Waals surface area contributed by atoms with Crippen molar-refractivity contribution in [2.75, 3.05) is 13.7 Å². The van der Waals surface area contributed by atoms with Crippen LogP contribution in [0.5, 0.6) is 0 Å². The van der Waals surface area contributed by atoms with Gasteiger partial charge in [0.25, 0.3) is 0 Å². The minimum absolute atomic E-state index is 0.00375. The van der Waals surface area contributed by atoms with Crippen LogP contribution >= 0.6 is 0 Å². The molecule has 1 heterocycles. The van der Waals surface area contributed by atoms with E-state index in [1.54, 1.807) is 0 Å². The quantitative estimate of drug-likeness (QED) is 0.555. The Balaban J connectivity index is 1.82. The van der Waals surface area contributed by atoms with Gasteiger partial charge in [0.2, 0.25) is 0 Å². The molecule has 18 heavy (non-hydrogen) atoms. The molecule has 5 atom stereocenters. The van der Waals surface area contributed by atoms with Gasteiger partial charge in [-0.2, -0.15) is 0 Å². The first-order valence-corrected chi connectivity index (χ1v) is 6.60. The highest BCUT2D eigenvalue weighted by Crippen LogP contribution is 2.51. The van der Waals surface area contributed by atoms with E-state index in [1.807, 2.05) is 13.8 Å². The average Bonchev–Trinajstić information content (AvgIpc) is 3.00. The number of carbonyl (C=O) groups is 1. The maximum absolute atomic E-state index is 12.0. The fourth-order valence-electron chi connectivity index (χ4n) is 3.74. The van der Waals surface area contributed by atoms with Gasteiger partial charge in [-0.25, -0.2) is 0 Å². The monoisotopic (exact) mass is 252 g/mol. The normalized spacial score (nSPS) is 44.5. The van der Waals surface area contributed by atoms with Crippen LogP contribution in [0.3, 0.4) is 0 Å². The molecule has 0 unspecified atom stereocenters. The summed E-state index contributed by atoms with van der Waals surface area (Å²) in [5.41, 5.74) is 0. The van der Waals surface area contributed by atoms with Crippen LogP contribution in [0.15, 0.2) is 12.2 Å². The van der Waals surface area contributed by atoms with Crippen molar-refractivity contribution in [2.45, 2.75) is 32.2 Å². The third-order valence-electron chi connectivity index (χ3n) is 4.45. The lowest BCUT2D eigenvalue weighted by Gasteiger charge is -2.30. The highest BCUT2D eigenvalue weighted by molar-refractivity contribution is 5.74. The Morgan fingerprint density at radius 1 is 1.33 bits per heavy atom. The molecule has 0 aromatic carbocycles. The zero-order chi connectivity index (χ0) is 12.9. The second-order valence-corrected chi connectivity index (χ2v) is 5.94. The van der Waals surface area contributed by atoms with Crippen molar-refractivity contribution in [1.82, 2.24) is 0 Å². The lowest BCUT2D eigenvalue weighted by atomic mass is 9.79. The summed E-state index contributed by atoms with van der Waals surface area (Å²) in [5, 5.41) is 0. The molecule has 1 aliphatic heterocycles. The third-order valence-corrected chi connectivity index (χ3v) is 4.45. The molecule has 2 fully saturated rings. The lowest BCUT2D eigenvalue weighted by molar-refractivity contribution is -0.159. The fourth-order valence-corrected chi connectivity index (χ4v) is 3.74. The van der Waals surface area contributed by atoms with Gasteiger partial charge in [-0.1, -0.05) is 12.2 Å². The van der Waals surface area contributed by atoms with Crippen LogP contribution in [-0.2, 0) is 19.0 Å². The highest BCUT2D eigenvalue weighted by atomic mass is 16.7. The molecule has 0 amide bonds. The Morgan fingerprint density at radius 2 is 2.06 bits per heavy atom. The van der Waals surface area contributed by atoms with Crippen LogP contribution in [0.25, 0.3) is 0 Å². The molecule has 4 nitrogen and oxygen atoms in total. The van der Waals surface area contributed by atoms with Gasteiger partial charge in [-0.15, -0.1) is 0 Å². The number of ether oxygens (including phenoxy) is 3. The van der Waals surface area contributed by atoms with E-state index in [0.717, 1.165) is 6.42 Å². The summed E-state index contributed by atoms with van der Waals surface area (Å²) in [5.74, 6) is 0.255. The molecule has 1 saturated carbocycles. The van der Waals surface area contributed by atoms with Gasteiger partial charge in [0.1, 0.15) is 0 Å². The number of esters is 1. The summed E-state index contributed by atoms with van der Waals surface area (Å²) in [6.07, 6.45) is 5.43. The van der Waals surface area contributed by atoms with Crippen LogP contribution in [0, 0.1) is 23.7 Å². The summed E-state index contributed by atoms with van der Waals surface area (Å²) >= 11 is 0. The van der Waals surface area contributed by atoms with E-state index in [2.05, 4.69) is 12.2 Å². The minimum atomic E-state index is -0.531. The number of hydrogen-bond donors (Lipinski definition) is 0. The Bertz CT molecular complexity index is 387. The zero-order valence-electron chi connectivity index (χ0n) is 11.1. The first kappa shape index (κ1) is 12.2. The fraction of sp³-hybridized carbons (Fsp3) is 0.786. The Kier molecular flexibility index (Phi) is 2.75. The summed E-state index contributed by atoms with van der Waals surface area (Å²) in [6.45, 7) is 4.41. The molecule has 0 N–H and O–H groups in total. The number of hydrogen-bond acceptors (Lipinski definition) is 4. The van der Waals surface area contributed by atoms with E-state index < -0.39 is 5.79 Å². The molecule has 0 aromatic rings. The molecule has 2 bridgehead atoms. The summed E-state index contributed by atoms with van der Waals surface area (Å²) < 4.78 is 16.5. The maximum Gasteiger partial charge on any atom is 0.309 e. The topological polar surface area (TPSA) is 44.8 Å². The largest absolute Gasteiger partial charge is 0.469 e. The van der Waals surface area contributed by atoms with Crippen LogP contribution in [-0.4, -0.2) is 31.6 Å². The molecule has 0 radical (unpaired) electrons. The second kappa shape index (κ2) is 4.07. The van der Waals surface area contributed by atoms with Gasteiger partial charge in [0.15, 0.2) is 5.79 Å². The van der Waals surface area contributed by atoms with Crippen LogP contribution in [0.4, 0.5) is 0 Å². The highest BCUT2D eigenvalue weighted by Gasteiger charge is 2.54. The standard InChI is InChI=1S/C14H20O4/c1-14(2)17-7-10(18-14)11-8-4-5-9(6-8)12(11)13(15)16-3/h4-5,8-12H,6-7H2,1-3H3/t8-,9+,10+,11+,12+/m1/s1. The molecular weight excluding hydrogens is 232 g/mol. The van der Waals surface area contributed by atoms with Crippen molar-refractivity contribution >= 4 is 5.97 Å². The Morgan fingerprint density at radius 3 is 2.67 bits per heavy atom. The summed E-state index contributed by atoms with van der Waals surface area (Å²) in [6, 6.07) is 0. The number of allylic oxidation sites excluding steroid dienone is 2. The number of fused-ring (bicyclic) bond motifs is 2. The SMILES string of the molecule is COC(=O)[C@@H]1[C@H]([C@@H]2COC(C)(C)O2)[C@@H]2C=C[C@H]1C2. The van der Waals surface area contributed by atoms with Crippen molar-refractivity contribution in [1.29, 1.82) is 0 Å². The van der Waals surface area contributed by atoms with E-state index in [9.17, 15) is 4.79 Å². The first-order valence-electron chi connectivity index (χ1n) is 6.60. The molecule has 3 rings (SSSR count). The van der Waals surface area contributed by atoms with Gasteiger partial charge in [-0.05, 0) is 32.1 Å². The van der Waals surface area contributed by atoms with E-state index in [1.165, 1.54) is 7.11 Å². The van der Waals surface area contributed by atoms with Crippen molar-refractivity contribution in [3.63, 3.8) is 0 Å². The van der Waals surface area contributed by atoms with Crippen LogP contribution in [0.2, 0.25) is 0 Å². The van der Waals surface area contributed by atoms with Crippen LogP contribution in [0.1, 0.15) is 20.3 Å². The maximum atomic E-state index is 12.0. The van der Waals surface area contributed by atoms with E-state index in [0.29, 0.717) is 18.4 Å². The summed E-state index contributed by atoms with van der Waals surface area (Å²) in [7, 11) is 1.46. The third kappa shape index (κ3) is 1.79. The van der Waals surface area contributed by atoms with E-state index in [4.69, 9.17) is 14.2 Å². The van der Waals surface area contributed by atoms with Crippen molar-refractivity contribution < 1.29 is 19.0 Å². The zero-order valence-corrected chi connectivity index (χ0v) is 11.1. The molecule has 0 spiro atoms. The number of rotatable bonds is 2. The molecule has 1 saturated heterocycles. The average molecular weight is 252 g/mol. The van der Waals surface area contributed by atoms with E-state index >= 15 is 0 Å². The molecule has 100 valence electrons. The smallest absolute Gasteiger partial charge is 0.309 e. The first-order chi connectivity index (χ1) is 8.52. The second-order valence-electron chi connectivity index (χ2n) is 5.94. The predicted octanol–water partition coefficient (Wildman–Crippen LogP) is 1.75. The van der Waals surface area contributed by atoms with Gasteiger partial charge in [-0.3, -0.25) is 4.79 Å². The lowest BCUT2D eigenvalue weighted by Crippen LogP contribution is -2.38. The molecule has 2 aliphatic carbocycles. The van der Waals surface area contributed by atoms with Gasteiger partial charge in [0.05, 0.1) is 25.7 Å². The van der Waals surface area contributed by atoms with Crippen LogP contribution < -0.4 is 0 Å². The van der Waals surface area contributed by atoms with E-state index in [-0.39, 0.29) is 23.9 Å². The number of carbonyl (C=O) groups excluding carboxylic acids is 1. The summed E-state index contributed by atoms with van der Waals surface area (Å²) in [4.78, 5) is 12.0. The molecule has 4 heteroatoms.